The first kappa shape index (κ1) is 26.6. The van der Waals surface area contributed by atoms with Crippen LogP contribution in [0.5, 0.6) is 0 Å². The van der Waals surface area contributed by atoms with Crippen LogP contribution >= 0.6 is 0 Å². The number of nitrogens with zero attached hydrogens (tertiary/aromatic N) is 1. The summed E-state index contributed by atoms with van der Waals surface area (Å²) in [6.45, 7) is 0.448. The van der Waals surface area contributed by atoms with Gasteiger partial charge in [-0.2, -0.15) is 4.31 Å². The number of carboxylic acid groups (broad SMARTS) is 1. The Hall–Kier alpha value is -4.60. The number of carboxylic acids is 1. The van der Waals surface area contributed by atoms with Crippen LogP contribution in [0, 0.1) is 0 Å². The molecule has 1 amide bonds. The zero-order chi connectivity index (χ0) is 28.7. The van der Waals surface area contributed by atoms with Gasteiger partial charge >= 0.3 is 5.97 Å². The first-order chi connectivity index (χ1) is 19.7. The monoisotopic (exact) mass is 566 g/mol. The molecule has 41 heavy (non-hydrogen) atoms. The maximum atomic E-state index is 13.5. The molecular weight excluding hydrogens is 540 g/mol. The Morgan fingerprint density at radius 1 is 0.854 bits per heavy atom. The molecule has 1 unspecified atom stereocenters. The highest BCUT2D eigenvalue weighted by Crippen LogP contribution is 2.39. The van der Waals surface area contributed by atoms with Gasteiger partial charge in [-0.3, -0.25) is 9.59 Å². The molecular formula is C32H26N2O6S. The molecule has 1 atom stereocenters. The molecule has 0 saturated heterocycles. The van der Waals surface area contributed by atoms with E-state index in [0.717, 1.165) is 5.56 Å². The van der Waals surface area contributed by atoms with Gasteiger partial charge in [-0.15, -0.1) is 0 Å². The van der Waals surface area contributed by atoms with Gasteiger partial charge in [0.2, 0.25) is 10.0 Å². The summed E-state index contributed by atoms with van der Waals surface area (Å²) in [6.07, 6.45) is 0.497. The zero-order valence-corrected chi connectivity index (χ0v) is 22.7. The third-order valence-electron chi connectivity index (χ3n) is 7.64. The first-order valence-corrected chi connectivity index (χ1v) is 14.8. The van der Waals surface area contributed by atoms with Crippen molar-refractivity contribution in [2.24, 2.45) is 0 Å². The second-order valence-electron chi connectivity index (χ2n) is 10.2. The number of carbonyl (C=O) groups excluding carboxylic acids is 2. The molecule has 9 heteroatoms. The van der Waals surface area contributed by atoms with E-state index in [1.807, 2.05) is 6.07 Å². The smallest absolute Gasteiger partial charge is 0.330 e. The quantitative estimate of drug-likeness (QED) is 0.302. The number of carbonyl (C=O) groups is 3. The van der Waals surface area contributed by atoms with Crippen molar-refractivity contribution in [1.29, 1.82) is 0 Å². The summed E-state index contributed by atoms with van der Waals surface area (Å²) >= 11 is 0. The molecule has 2 aliphatic rings. The standard InChI is InChI=1S/C32H26N2O6S/c35-30-25-10-5-4-9-24(25)28-26(30)11-6-12-27(28)31(36)33-29(32(37)38)22-14-13-21-15-16-34(18-23(21)17-22)41(39,40)19-20-7-2-1-3-8-20/h1-14,17,29H,15-16,18-19H2,(H,33,36)(H,37,38). The lowest BCUT2D eigenvalue weighted by molar-refractivity contribution is -0.139. The number of rotatable bonds is 7. The number of hydrogen-bond acceptors (Lipinski definition) is 5. The van der Waals surface area contributed by atoms with E-state index in [1.54, 1.807) is 84.9 Å². The van der Waals surface area contributed by atoms with Gasteiger partial charge in [-0.25, -0.2) is 13.2 Å². The number of fused-ring (bicyclic) bond motifs is 4. The SMILES string of the molecule is O=C(NC(C(=O)O)c1ccc2c(c1)CN(S(=O)(=O)Cc1ccccc1)CC2)c1cccc2c1-c1ccccc1C2=O. The highest BCUT2D eigenvalue weighted by Gasteiger charge is 2.33. The minimum absolute atomic E-state index is 0.115. The summed E-state index contributed by atoms with van der Waals surface area (Å²) in [5, 5.41) is 12.7. The second-order valence-corrected chi connectivity index (χ2v) is 12.2. The summed E-state index contributed by atoms with van der Waals surface area (Å²) in [6, 6.07) is 24.5. The van der Waals surface area contributed by atoms with Crippen molar-refractivity contribution in [3.63, 3.8) is 0 Å². The molecule has 2 N–H and O–H groups in total. The molecule has 1 aliphatic heterocycles. The van der Waals surface area contributed by atoms with Crippen LogP contribution in [0.15, 0.2) is 91.0 Å². The van der Waals surface area contributed by atoms with E-state index >= 15 is 0 Å². The Bertz CT molecular complexity index is 1820. The predicted octanol–water partition coefficient (Wildman–Crippen LogP) is 4.34. The van der Waals surface area contributed by atoms with Crippen LogP contribution in [-0.4, -0.2) is 42.0 Å². The first-order valence-electron chi connectivity index (χ1n) is 13.2. The van der Waals surface area contributed by atoms with Crippen LogP contribution < -0.4 is 5.32 Å². The molecule has 206 valence electrons. The van der Waals surface area contributed by atoms with Crippen molar-refractivity contribution >= 4 is 27.7 Å². The number of amides is 1. The van der Waals surface area contributed by atoms with Crippen LogP contribution in [0.2, 0.25) is 0 Å². The molecule has 4 aromatic carbocycles. The highest BCUT2D eigenvalue weighted by atomic mass is 32.2. The molecule has 4 aromatic rings. The van der Waals surface area contributed by atoms with Crippen molar-refractivity contribution in [3.05, 3.63) is 130 Å². The van der Waals surface area contributed by atoms with Gasteiger partial charge < -0.3 is 10.4 Å². The normalized spacial score (nSPS) is 15.0. The van der Waals surface area contributed by atoms with Crippen LogP contribution in [-0.2, 0) is 33.5 Å². The van der Waals surface area contributed by atoms with Crippen LogP contribution in [0.25, 0.3) is 11.1 Å². The van der Waals surface area contributed by atoms with E-state index in [1.165, 1.54) is 4.31 Å². The van der Waals surface area contributed by atoms with E-state index in [0.29, 0.717) is 51.9 Å². The predicted molar refractivity (Wildman–Crippen MR) is 153 cm³/mol. The zero-order valence-electron chi connectivity index (χ0n) is 21.9. The fourth-order valence-corrected chi connectivity index (χ4v) is 7.11. The van der Waals surface area contributed by atoms with Crippen molar-refractivity contribution in [3.8, 4) is 11.1 Å². The number of benzene rings is 4. The van der Waals surface area contributed by atoms with Gasteiger partial charge in [-0.1, -0.05) is 84.9 Å². The van der Waals surface area contributed by atoms with Gasteiger partial charge in [0.15, 0.2) is 11.8 Å². The van der Waals surface area contributed by atoms with Crippen molar-refractivity contribution in [1.82, 2.24) is 9.62 Å². The van der Waals surface area contributed by atoms with Gasteiger partial charge in [0.25, 0.3) is 5.91 Å². The number of sulfonamides is 1. The van der Waals surface area contributed by atoms with E-state index in [-0.39, 0.29) is 23.6 Å². The molecule has 0 aromatic heterocycles. The lowest BCUT2D eigenvalue weighted by Crippen LogP contribution is -2.37. The molecule has 0 spiro atoms. The Labute approximate surface area is 237 Å². The van der Waals surface area contributed by atoms with Gasteiger partial charge in [0.1, 0.15) is 0 Å². The van der Waals surface area contributed by atoms with E-state index in [4.69, 9.17) is 0 Å². The number of hydrogen-bond donors (Lipinski definition) is 2. The third-order valence-corrected chi connectivity index (χ3v) is 9.44. The molecule has 1 heterocycles. The van der Waals surface area contributed by atoms with E-state index < -0.39 is 27.9 Å². The average Bonchev–Trinajstić information content (AvgIpc) is 3.27. The Kier molecular flexibility index (Phi) is 6.76. The molecule has 0 bridgehead atoms. The molecule has 0 saturated carbocycles. The Morgan fingerprint density at radius 3 is 2.32 bits per heavy atom. The number of ketones is 1. The fourth-order valence-electron chi connectivity index (χ4n) is 5.61. The van der Waals surface area contributed by atoms with Crippen molar-refractivity contribution in [2.45, 2.75) is 24.8 Å². The largest absolute Gasteiger partial charge is 0.479 e. The van der Waals surface area contributed by atoms with E-state index in [9.17, 15) is 27.9 Å². The Morgan fingerprint density at radius 2 is 1.56 bits per heavy atom. The van der Waals surface area contributed by atoms with Gasteiger partial charge in [0, 0.05) is 35.3 Å². The minimum Gasteiger partial charge on any atom is -0.479 e. The minimum atomic E-state index is -3.60. The number of aliphatic carboxylic acids is 1. The molecule has 1 aliphatic carbocycles. The summed E-state index contributed by atoms with van der Waals surface area (Å²) in [7, 11) is -3.60. The summed E-state index contributed by atoms with van der Waals surface area (Å²) in [4.78, 5) is 38.7. The van der Waals surface area contributed by atoms with Crippen LogP contribution in [0.3, 0.4) is 0 Å². The summed E-state index contributed by atoms with van der Waals surface area (Å²) < 4.78 is 27.7. The summed E-state index contributed by atoms with van der Waals surface area (Å²) in [5.74, 6) is -2.18. The van der Waals surface area contributed by atoms with Crippen molar-refractivity contribution in [2.75, 3.05) is 6.54 Å². The molecule has 8 nitrogen and oxygen atoms in total. The van der Waals surface area contributed by atoms with E-state index in [2.05, 4.69) is 5.32 Å². The second kappa shape index (κ2) is 10.4. The molecule has 0 radical (unpaired) electrons. The van der Waals surface area contributed by atoms with Crippen LogP contribution in [0.4, 0.5) is 0 Å². The molecule has 0 fully saturated rings. The van der Waals surface area contributed by atoms with Crippen LogP contribution in [0.1, 0.15) is 54.6 Å². The average molecular weight is 567 g/mol. The lowest BCUT2D eigenvalue weighted by Gasteiger charge is -2.29. The maximum Gasteiger partial charge on any atom is 0.330 e. The van der Waals surface area contributed by atoms with Crippen molar-refractivity contribution < 1.29 is 27.9 Å². The maximum absolute atomic E-state index is 13.5. The molecule has 6 rings (SSSR count). The Balaban J connectivity index is 1.27. The highest BCUT2D eigenvalue weighted by molar-refractivity contribution is 7.88. The topological polar surface area (TPSA) is 121 Å². The lowest BCUT2D eigenvalue weighted by atomic mass is 9.95. The van der Waals surface area contributed by atoms with Gasteiger partial charge in [0.05, 0.1) is 5.75 Å². The summed E-state index contributed by atoms with van der Waals surface area (Å²) in [5.41, 5.74) is 4.89. The fraction of sp³-hybridized carbons (Fsp3) is 0.156. The third kappa shape index (κ3) is 4.94. The van der Waals surface area contributed by atoms with Gasteiger partial charge in [-0.05, 0) is 40.3 Å². The number of nitrogens with one attached hydrogen (secondary N) is 1.